The van der Waals surface area contributed by atoms with Crippen molar-refractivity contribution in [3.8, 4) is 0 Å². The van der Waals surface area contributed by atoms with E-state index in [2.05, 4.69) is 15.6 Å². The molecule has 3 N–H and O–H groups in total. The topological polar surface area (TPSA) is 125 Å². The van der Waals surface area contributed by atoms with E-state index >= 15 is 0 Å². The second kappa shape index (κ2) is 8.95. The number of amides is 2. The van der Waals surface area contributed by atoms with Crippen LogP contribution in [0.3, 0.4) is 0 Å². The first kappa shape index (κ1) is 20.7. The Morgan fingerprint density at radius 3 is 2.52 bits per heavy atom. The molecule has 0 saturated heterocycles. The van der Waals surface area contributed by atoms with Crippen molar-refractivity contribution >= 4 is 45.7 Å². The van der Waals surface area contributed by atoms with E-state index in [0.29, 0.717) is 16.9 Å². The number of nitrogens with one attached hydrogen (secondary N) is 2. The number of nitrogens with zero attached hydrogens (tertiary/aromatic N) is 1. The molecule has 152 valence electrons. The quantitative estimate of drug-likeness (QED) is 0.492. The van der Waals surface area contributed by atoms with Gasteiger partial charge in [0.15, 0.2) is 10.9 Å². The molecule has 1 heterocycles. The second-order valence-corrected chi connectivity index (χ2v) is 7.88. The molecule has 29 heavy (non-hydrogen) atoms. The van der Waals surface area contributed by atoms with Gasteiger partial charge in [0.2, 0.25) is 0 Å². The standard InChI is InChI=1S/C20H21N3O5S/c1-11-6-7-15(14(8-11)17(26)12-4-2-3-5-12)22-18(27)19(28)23-20-21-13(10-29-20)9-16(24)25/h6-8,10,12H,2-5,9H2,1H3,(H,22,27)(H,24,25)(H,21,23,28). The second-order valence-electron chi connectivity index (χ2n) is 7.02. The number of carboxylic acid groups (broad SMARTS) is 1. The van der Waals surface area contributed by atoms with E-state index in [0.717, 1.165) is 42.6 Å². The van der Waals surface area contributed by atoms with Crippen LogP contribution in [-0.2, 0) is 20.8 Å². The summed E-state index contributed by atoms with van der Waals surface area (Å²) >= 11 is 1.03. The molecule has 0 bridgehead atoms. The molecule has 0 radical (unpaired) electrons. The summed E-state index contributed by atoms with van der Waals surface area (Å²) in [6, 6.07) is 5.11. The van der Waals surface area contributed by atoms with Gasteiger partial charge in [-0.1, -0.05) is 24.5 Å². The van der Waals surface area contributed by atoms with E-state index in [-0.39, 0.29) is 23.3 Å². The van der Waals surface area contributed by atoms with Crippen molar-refractivity contribution in [1.29, 1.82) is 0 Å². The van der Waals surface area contributed by atoms with Crippen molar-refractivity contribution in [3.63, 3.8) is 0 Å². The van der Waals surface area contributed by atoms with Gasteiger partial charge in [-0.15, -0.1) is 11.3 Å². The van der Waals surface area contributed by atoms with Gasteiger partial charge in [-0.05, 0) is 31.9 Å². The lowest BCUT2D eigenvalue weighted by atomic mass is 9.94. The Bertz CT molecular complexity index is 963. The highest BCUT2D eigenvalue weighted by Gasteiger charge is 2.27. The maximum Gasteiger partial charge on any atom is 0.315 e. The maximum atomic E-state index is 12.8. The molecule has 9 heteroatoms. The predicted molar refractivity (Wildman–Crippen MR) is 108 cm³/mol. The van der Waals surface area contributed by atoms with Gasteiger partial charge < -0.3 is 10.4 Å². The van der Waals surface area contributed by atoms with Crippen LogP contribution < -0.4 is 10.6 Å². The van der Waals surface area contributed by atoms with Gasteiger partial charge >= 0.3 is 17.8 Å². The lowest BCUT2D eigenvalue weighted by molar-refractivity contribution is -0.136. The average molecular weight is 415 g/mol. The summed E-state index contributed by atoms with van der Waals surface area (Å²) in [4.78, 5) is 52.0. The number of carbonyl (C=O) groups is 4. The SMILES string of the molecule is Cc1ccc(NC(=O)C(=O)Nc2nc(CC(=O)O)cs2)c(C(=O)C2CCCC2)c1. The Hall–Kier alpha value is -3.07. The van der Waals surface area contributed by atoms with Crippen molar-refractivity contribution in [2.45, 2.75) is 39.0 Å². The molecular weight excluding hydrogens is 394 g/mol. The predicted octanol–water partition coefficient (Wildman–Crippen LogP) is 3.03. The Morgan fingerprint density at radius 1 is 1.14 bits per heavy atom. The lowest BCUT2D eigenvalue weighted by Crippen LogP contribution is -2.30. The molecule has 0 spiro atoms. The summed E-state index contributed by atoms with van der Waals surface area (Å²) in [5, 5.41) is 15.3. The van der Waals surface area contributed by atoms with E-state index in [4.69, 9.17) is 5.11 Å². The minimum atomic E-state index is -1.04. The van der Waals surface area contributed by atoms with Crippen LogP contribution in [0.4, 0.5) is 10.8 Å². The largest absolute Gasteiger partial charge is 0.481 e. The number of hydrogen-bond acceptors (Lipinski definition) is 6. The smallest absolute Gasteiger partial charge is 0.315 e. The fraction of sp³-hybridized carbons (Fsp3) is 0.350. The highest BCUT2D eigenvalue weighted by molar-refractivity contribution is 7.14. The Kier molecular flexibility index (Phi) is 6.38. The van der Waals surface area contributed by atoms with Crippen LogP contribution in [0.25, 0.3) is 0 Å². The molecule has 1 aromatic heterocycles. The number of aliphatic carboxylic acids is 1. The normalized spacial score (nSPS) is 13.8. The summed E-state index contributed by atoms with van der Waals surface area (Å²) in [7, 11) is 0. The van der Waals surface area contributed by atoms with Gasteiger partial charge in [0, 0.05) is 16.9 Å². The van der Waals surface area contributed by atoms with Crippen molar-refractivity contribution in [2.75, 3.05) is 10.6 Å². The Balaban J connectivity index is 1.69. The number of rotatable bonds is 6. The van der Waals surface area contributed by atoms with Crippen LogP contribution in [0.1, 0.15) is 47.3 Å². The first-order valence-electron chi connectivity index (χ1n) is 9.27. The first-order valence-corrected chi connectivity index (χ1v) is 10.1. The number of carboxylic acids is 1. The molecule has 1 saturated carbocycles. The van der Waals surface area contributed by atoms with Crippen LogP contribution in [0.2, 0.25) is 0 Å². The van der Waals surface area contributed by atoms with E-state index < -0.39 is 17.8 Å². The zero-order valence-electron chi connectivity index (χ0n) is 15.9. The minimum Gasteiger partial charge on any atom is -0.481 e. The first-order chi connectivity index (χ1) is 13.8. The molecule has 0 unspecified atom stereocenters. The molecule has 8 nitrogen and oxygen atoms in total. The fourth-order valence-corrected chi connectivity index (χ4v) is 4.02. The molecule has 2 amide bonds. The molecule has 2 aromatic rings. The monoisotopic (exact) mass is 415 g/mol. The van der Waals surface area contributed by atoms with Gasteiger partial charge in [-0.2, -0.15) is 0 Å². The molecule has 0 atom stereocenters. The van der Waals surface area contributed by atoms with Crippen LogP contribution in [0.15, 0.2) is 23.6 Å². The van der Waals surface area contributed by atoms with Crippen LogP contribution in [-0.4, -0.2) is 33.7 Å². The molecular formula is C20H21N3O5S. The van der Waals surface area contributed by atoms with Gasteiger partial charge in [-0.25, -0.2) is 4.98 Å². The Morgan fingerprint density at radius 2 is 1.83 bits per heavy atom. The summed E-state index contributed by atoms with van der Waals surface area (Å²) < 4.78 is 0. The van der Waals surface area contributed by atoms with Gasteiger partial charge in [0.25, 0.3) is 0 Å². The summed E-state index contributed by atoms with van der Waals surface area (Å²) in [5.74, 6) is -2.97. The zero-order valence-corrected chi connectivity index (χ0v) is 16.7. The van der Waals surface area contributed by atoms with Crippen molar-refractivity contribution in [1.82, 2.24) is 4.98 Å². The number of hydrogen-bond donors (Lipinski definition) is 3. The highest BCUT2D eigenvalue weighted by Crippen LogP contribution is 2.31. The van der Waals surface area contributed by atoms with Crippen molar-refractivity contribution < 1.29 is 24.3 Å². The van der Waals surface area contributed by atoms with Gasteiger partial charge in [0.1, 0.15) is 0 Å². The van der Waals surface area contributed by atoms with Gasteiger partial charge in [-0.3, -0.25) is 24.5 Å². The highest BCUT2D eigenvalue weighted by atomic mass is 32.1. The van der Waals surface area contributed by atoms with Crippen LogP contribution in [0, 0.1) is 12.8 Å². The molecule has 0 aliphatic heterocycles. The molecule has 1 aromatic carbocycles. The number of aryl methyl sites for hydroxylation is 1. The molecule has 1 aliphatic rings. The minimum absolute atomic E-state index is 0.0138. The molecule has 1 fully saturated rings. The third kappa shape index (κ3) is 5.26. The zero-order chi connectivity index (χ0) is 21.0. The molecule has 1 aliphatic carbocycles. The van der Waals surface area contributed by atoms with Crippen molar-refractivity contribution in [2.24, 2.45) is 5.92 Å². The number of thiazole rings is 1. The van der Waals surface area contributed by atoms with Crippen molar-refractivity contribution in [3.05, 3.63) is 40.4 Å². The third-order valence-electron chi connectivity index (χ3n) is 4.73. The fourth-order valence-electron chi connectivity index (χ4n) is 3.31. The number of anilines is 2. The maximum absolute atomic E-state index is 12.8. The van der Waals surface area contributed by atoms with E-state index in [1.165, 1.54) is 5.38 Å². The lowest BCUT2D eigenvalue weighted by Gasteiger charge is -2.14. The van der Waals surface area contributed by atoms with Gasteiger partial charge in [0.05, 0.1) is 17.8 Å². The van der Waals surface area contributed by atoms with Crippen LogP contribution >= 0.6 is 11.3 Å². The number of aromatic nitrogens is 1. The van der Waals surface area contributed by atoms with E-state index in [1.54, 1.807) is 18.2 Å². The van der Waals surface area contributed by atoms with Crippen LogP contribution in [0.5, 0.6) is 0 Å². The van der Waals surface area contributed by atoms with E-state index in [9.17, 15) is 19.2 Å². The summed E-state index contributed by atoms with van der Waals surface area (Å²) in [6.45, 7) is 1.86. The number of benzene rings is 1. The third-order valence-corrected chi connectivity index (χ3v) is 5.53. The number of Topliss-reactive ketones (excluding diaryl/α,β-unsaturated/α-hetero) is 1. The number of carbonyl (C=O) groups excluding carboxylic acids is 3. The number of ketones is 1. The summed E-state index contributed by atoms with van der Waals surface area (Å²) in [5.41, 5.74) is 1.90. The average Bonchev–Trinajstić information content (AvgIpc) is 3.34. The Labute approximate surface area is 171 Å². The van der Waals surface area contributed by atoms with E-state index in [1.807, 2.05) is 6.92 Å². The summed E-state index contributed by atoms with van der Waals surface area (Å²) in [6.07, 6.45) is 3.44. The molecule has 3 rings (SSSR count).